The summed E-state index contributed by atoms with van der Waals surface area (Å²) >= 11 is 0. The summed E-state index contributed by atoms with van der Waals surface area (Å²) in [6, 6.07) is 10.3. The lowest BCUT2D eigenvalue weighted by molar-refractivity contribution is -0.137. The number of nitrogens with zero attached hydrogens (tertiary/aromatic N) is 2. The van der Waals surface area contributed by atoms with Crippen LogP contribution in [0, 0.1) is 5.92 Å². The molecule has 1 aromatic rings. The highest BCUT2D eigenvalue weighted by Gasteiger charge is 2.27. The number of hydrogen-bond acceptors (Lipinski definition) is 2. The average molecular weight is 328 g/mol. The van der Waals surface area contributed by atoms with Crippen molar-refractivity contribution in [1.29, 1.82) is 0 Å². The molecule has 130 valence electrons. The lowest BCUT2D eigenvalue weighted by atomic mass is 9.95. The second kappa shape index (κ2) is 8.67. The molecular weight excluding hydrogens is 300 g/mol. The maximum atomic E-state index is 12.4. The van der Waals surface area contributed by atoms with Gasteiger partial charge >= 0.3 is 0 Å². The van der Waals surface area contributed by atoms with Gasteiger partial charge in [-0.25, -0.2) is 0 Å². The Hall–Kier alpha value is -2.10. The summed E-state index contributed by atoms with van der Waals surface area (Å²) < 4.78 is 0. The normalized spacial score (nSPS) is 16.1. The quantitative estimate of drug-likeness (QED) is 0.780. The molecule has 0 unspecified atom stereocenters. The number of allylic oxidation sites excluding steroid dienone is 1. The molecule has 1 fully saturated rings. The molecule has 0 aromatic heterocycles. The van der Waals surface area contributed by atoms with Crippen LogP contribution in [0.1, 0.15) is 31.7 Å². The molecule has 0 N–H and O–H groups in total. The zero-order chi connectivity index (χ0) is 17.5. The van der Waals surface area contributed by atoms with Gasteiger partial charge < -0.3 is 9.80 Å². The molecule has 0 atom stereocenters. The predicted molar refractivity (Wildman–Crippen MR) is 96.5 cm³/mol. The van der Waals surface area contributed by atoms with Crippen LogP contribution in [0.25, 0.3) is 0 Å². The average Bonchev–Trinajstić information content (AvgIpc) is 2.60. The molecular formula is C20H28N2O2. The van der Waals surface area contributed by atoms with Gasteiger partial charge in [-0.2, -0.15) is 0 Å². The highest BCUT2D eigenvalue weighted by Crippen LogP contribution is 2.19. The van der Waals surface area contributed by atoms with E-state index in [0.29, 0.717) is 13.1 Å². The van der Waals surface area contributed by atoms with Crippen LogP contribution in [-0.4, -0.2) is 48.8 Å². The first kappa shape index (κ1) is 18.2. The number of aryl methyl sites for hydroxylation is 1. The second-order valence-corrected chi connectivity index (χ2v) is 6.81. The van der Waals surface area contributed by atoms with Crippen molar-refractivity contribution in [3.8, 4) is 0 Å². The van der Waals surface area contributed by atoms with Gasteiger partial charge in [0.1, 0.15) is 0 Å². The van der Waals surface area contributed by atoms with Gasteiger partial charge in [-0.05, 0) is 38.2 Å². The third-order valence-corrected chi connectivity index (χ3v) is 4.62. The van der Waals surface area contributed by atoms with E-state index in [0.717, 1.165) is 31.3 Å². The molecule has 4 nitrogen and oxygen atoms in total. The molecule has 1 aliphatic heterocycles. The van der Waals surface area contributed by atoms with Crippen LogP contribution in [0.5, 0.6) is 0 Å². The van der Waals surface area contributed by atoms with Gasteiger partial charge in [-0.3, -0.25) is 9.59 Å². The minimum atomic E-state index is 0.0622. The van der Waals surface area contributed by atoms with Crippen molar-refractivity contribution in [3.63, 3.8) is 0 Å². The maximum absolute atomic E-state index is 12.4. The molecule has 24 heavy (non-hydrogen) atoms. The maximum Gasteiger partial charge on any atom is 0.246 e. The van der Waals surface area contributed by atoms with Gasteiger partial charge in [0, 0.05) is 39.2 Å². The molecule has 2 rings (SSSR count). The number of likely N-dealkylation sites (tertiary alicyclic amines) is 1. The smallest absolute Gasteiger partial charge is 0.246 e. The van der Waals surface area contributed by atoms with E-state index in [9.17, 15) is 9.59 Å². The standard InChI is InChI=1S/C20H28N2O2/c1-16(9-10-17-7-5-4-6-8-17)15-19(23)22-13-11-18(12-14-22)20(24)21(2)3/h4-8,15,18H,9-14H2,1-3H3. The number of hydrogen-bond donors (Lipinski definition) is 0. The van der Waals surface area contributed by atoms with Crippen LogP contribution in [0.3, 0.4) is 0 Å². The van der Waals surface area contributed by atoms with Crippen LogP contribution in [-0.2, 0) is 16.0 Å². The van der Waals surface area contributed by atoms with E-state index in [1.807, 2.05) is 30.0 Å². The number of benzene rings is 1. The van der Waals surface area contributed by atoms with Gasteiger partial charge in [-0.15, -0.1) is 0 Å². The van der Waals surface area contributed by atoms with Crippen molar-refractivity contribution in [2.24, 2.45) is 5.92 Å². The van der Waals surface area contributed by atoms with Crippen LogP contribution in [0.15, 0.2) is 42.0 Å². The molecule has 0 bridgehead atoms. The highest BCUT2D eigenvalue weighted by molar-refractivity contribution is 5.88. The Bertz CT molecular complexity index is 585. The minimum absolute atomic E-state index is 0.0622. The summed E-state index contributed by atoms with van der Waals surface area (Å²) in [6.45, 7) is 3.36. The molecule has 1 heterocycles. The summed E-state index contributed by atoms with van der Waals surface area (Å²) in [7, 11) is 3.58. The fourth-order valence-electron chi connectivity index (χ4n) is 3.07. The van der Waals surface area contributed by atoms with Crippen molar-refractivity contribution >= 4 is 11.8 Å². The highest BCUT2D eigenvalue weighted by atomic mass is 16.2. The fraction of sp³-hybridized carbons (Fsp3) is 0.500. The van der Waals surface area contributed by atoms with Crippen LogP contribution < -0.4 is 0 Å². The predicted octanol–water partition coefficient (Wildman–Crippen LogP) is 2.89. The molecule has 0 radical (unpaired) electrons. The molecule has 0 saturated carbocycles. The Balaban J connectivity index is 1.81. The largest absolute Gasteiger partial charge is 0.349 e. The molecule has 2 amide bonds. The van der Waals surface area contributed by atoms with Gasteiger partial charge in [0.25, 0.3) is 0 Å². The fourth-order valence-corrected chi connectivity index (χ4v) is 3.07. The van der Waals surface area contributed by atoms with Crippen molar-refractivity contribution < 1.29 is 9.59 Å². The number of rotatable bonds is 5. The Labute approximate surface area is 145 Å². The second-order valence-electron chi connectivity index (χ2n) is 6.81. The summed E-state index contributed by atoms with van der Waals surface area (Å²) in [5.74, 6) is 0.320. The first-order valence-corrected chi connectivity index (χ1v) is 8.68. The lowest BCUT2D eigenvalue weighted by Crippen LogP contribution is -2.42. The molecule has 1 aromatic carbocycles. The van der Waals surface area contributed by atoms with Gasteiger partial charge in [0.15, 0.2) is 0 Å². The van der Waals surface area contributed by atoms with Crippen LogP contribution >= 0.6 is 0 Å². The third kappa shape index (κ3) is 5.22. The van der Waals surface area contributed by atoms with Gasteiger partial charge in [0.05, 0.1) is 0 Å². The van der Waals surface area contributed by atoms with E-state index in [1.54, 1.807) is 25.1 Å². The monoisotopic (exact) mass is 328 g/mol. The number of carbonyl (C=O) groups is 2. The van der Waals surface area contributed by atoms with Crippen LogP contribution in [0.4, 0.5) is 0 Å². The number of piperidine rings is 1. The van der Waals surface area contributed by atoms with E-state index in [2.05, 4.69) is 12.1 Å². The topological polar surface area (TPSA) is 40.6 Å². The summed E-state index contributed by atoms with van der Waals surface area (Å²) in [6.07, 6.45) is 5.14. The van der Waals surface area contributed by atoms with E-state index in [-0.39, 0.29) is 17.7 Å². The summed E-state index contributed by atoms with van der Waals surface area (Å²) in [5.41, 5.74) is 2.40. The SMILES string of the molecule is CC(=CC(=O)N1CCC(C(=O)N(C)C)CC1)CCc1ccccc1. The zero-order valence-corrected chi connectivity index (χ0v) is 15.0. The first-order valence-electron chi connectivity index (χ1n) is 8.68. The first-order chi connectivity index (χ1) is 11.5. The molecule has 1 saturated heterocycles. The summed E-state index contributed by atoms with van der Waals surface area (Å²) in [5, 5.41) is 0. The minimum Gasteiger partial charge on any atom is -0.349 e. The van der Waals surface area contributed by atoms with Crippen LogP contribution in [0.2, 0.25) is 0 Å². The molecule has 1 aliphatic rings. The third-order valence-electron chi connectivity index (χ3n) is 4.62. The zero-order valence-electron chi connectivity index (χ0n) is 15.0. The Morgan fingerprint density at radius 2 is 1.79 bits per heavy atom. The van der Waals surface area contributed by atoms with Crippen molar-refractivity contribution in [3.05, 3.63) is 47.5 Å². The molecule has 4 heteroatoms. The van der Waals surface area contributed by atoms with E-state index < -0.39 is 0 Å². The van der Waals surface area contributed by atoms with Gasteiger partial charge in [-0.1, -0.05) is 35.9 Å². The number of amides is 2. The van der Waals surface area contributed by atoms with Crippen molar-refractivity contribution in [1.82, 2.24) is 9.80 Å². The Morgan fingerprint density at radius 3 is 2.38 bits per heavy atom. The Kier molecular flexibility index (Phi) is 6.59. The number of carbonyl (C=O) groups excluding carboxylic acids is 2. The molecule has 0 aliphatic carbocycles. The van der Waals surface area contributed by atoms with Crippen molar-refractivity contribution in [2.75, 3.05) is 27.2 Å². The van der Waals surface area contributed by atoms with E-state index in [1.165, 1.54) is 5.56 Å². The van der Waals surface area contributed by atoms with E-state index in [4.69, 9.17) is 0 Å². The van der Waals surface area contributed by atoms with E-state index >= 15 is 0 Å². The lowest BCUT2D eigenvalue weighted by Gasteiger charge is -2.32. The van der Waals surface area contributed by atoms with Crippen molar-refractivity contribution in [2.45, 2.75) is 32.6 Å². The van der Waals surface area contributed by atoms with Gasteiger partial charge in [0.2, 0.25) is 11.8 Å². The summed E-state index contributed by atoms with van der Waals surface area (Å²) in [4.78, 5) is 27.9. The molecule has 0 spiro atoms. The Morgan fingerprint density at radius 1 is 1.17 bits per heavy atom.